The molecule has 0 amide bonds. The minimum Gasteiger partial charge on any atom is -0.200 e. The van der Waals surface area contributed by atoms with Crippen molar-refractivity contribution in [3.8, 4) is 11.1 Å². The standard InChI is InChI=1S/C10H7NS/c1-2-4-8-7(3-1)5-10-9(8)6-11-12-10/h1-4,6H,5H2. The number of hydrogen-bond acceptors (Lipinski definition) is 2. The minimum atomic E-state index is 1.08. The highest BCUT2D eigenvalue weighted by atomic mass is 32.1. The fourth-order valence-corrected chi connectivity index (χ4v) is 2.49. The third kappa shape index (κ3) is 0.703. The van der Waals surface area contributed by atoms with E-state index in [2.05, 4.69) is 28.6 Å². The van der Waals surface area contributed by atoms with Gasteiger partial charge in [0.15, 0.2) is 0 Å². The summed E-state index contributed by atoms with van der Waals surface area (Å²) in [5.74, 6) is 0. The van der Waals surface area contributed by atoms with Gasteiger partial charge in [-0.1, -0.05) is 24.3 Å². The van der Waals surface area contributed by atoms with Crippen molar-refractivity contribution >= 4 is 11.5 Å². The molecule has 1 heterocycles. The zero-order chi connectivity index (χ0) is 7.97. The number of rotatable bonds is 0. The van der Waals surface area contributed by atoms with Crippen molar-refractivity contribution in [2.75, 3.05) is 0 Å². The molecule has 0 fully saturated rings. The molecule has 2 heteroatoms. The molecule has 1 aromatic carbocycles. The van der Waals surface area contributed by atoms with Crippen molar-refractivity contribution in [1.29, 1.82) is 0 Å². The summed E-state index contributed by atoms with van der Waals surface area (Å²) < 4.78 is 4.18. The Bertz CT molecular complexity index is 431. The van der Waals surface area contributed by atoms with Crippen LogP contribution in [-0.2, 0) is 6.42 Å². The Hall–Kier alpha value is -1.15. The number of benzene rings is 1. The van der Waals surface area contributed by atoms with Crippen LogP contribution < -0.4 is 0 Å². The van der Waals surface area contributed by atoms with E-state index in [1.165, 1.54) is 21.6 Å². The molecule has 0 spiro atoms. The summed E-state index contributed by atoms with van der Waals surface area (Å²) in [5, 5.41) is 0. The average Bonchev–Trinajstić information content (AvgIpc) is 2.62. The fourth-order valence-electron chi connectivity index (χ4n) is 1.72. The molecule has 1 nitrogen and oxygen atoms in total. The van der Waals surface area contributed by atoms with Crippen molar-refractivity contribution in [3.63, 3.8) is 0 Å². The molecule has 58 valence electrons. The SMILES string of the molecule is c1ccc2c(c1)Cc1sncc1-2. The summed E-state index contributed by atoms with van der Waals surface area (Å²) in [6, 6.07) is 8.56. The van der Waals surface area contributed by atoms with Crippen LogP contribution in [0.5, 0.6) is 0 Å². The number of aromatic nitrogens is 1. The van der Waals surface area contributed by atoms with Gasteiger partial charge in [0, 0.05) is 23.1 Å². The minimum absolute atomic E-state index is 1.08. The average molecular weight is 173 g/mol. The van der Waals surface area contributed by atoms with Crippen molar-refractivity contribution < 1.29 is 0 Å². The Balaban J connectivity index is 2.34. The molecule has 1 aliphatic rings. The van der Waals surface area contributed by atoms with E-state index < -0.39 is 0 Å². The van der Waals surface area contributed by atoms with Crippen LogP contribution in [0, 0.1) is 0 Å². The highest BCUT2D eigenvalue weighted by molar-refractivity contribution is 7.06. The maximum Gasteiger partial charge on any atom is 0.0488 e. The van der Waals surface area contributed by atoms with Crippen molar-refractivity contribution in [1.82, 2.24) is 4.37 Å². The molecule has 12 heavy (non-hydrogen) atoms. The van der Waals surface area contributed by atoms with Gasteiger partial charge >= 0.3 is 0 Å². The van der Waals surface area contributed by atoms with Gasteiger partial charge in [0.1, 0.15) is 0 Å². The molecule has 1 aromatic heterocycles. The zero-order valence-corrected chi connectivity index (χ0v) is 7.27. The Morgan fingerprint density at radius 3 is 3.08 bits per heavy atom. The predicted molar refractivity (Wildman–Crippen MR) is 50.4 cm³/mol. The third-order valence-electron chi connectivity index (χ3n) is 2.30. The Morgan fingerprint density at radius 1 is 1.17 bits per heavy atom. The lowest BCUT2D eigenvalue weighted by Gasteiger charge is -1.95. The van der Waals surface area contributed by atoms with E-state index >= 15 is 0 Å². The largest absolute Gasteiger partial charge is 0.200 e. The second kappa shape index (κ2) is 2.17. The van der Waals surface area contributed by atoms with Crippen LogP contribution in [0.15, 0.2) is 30.5 Å². The van der Waals surface area contributed by atoms with Crippen molar-refractivity contribution in [2.24, 2.45) is 0 Å². The lowest BCUT2D eigenvalue weighted by atomic mass is 10.1. The molecular formula is C10H7NS. The topological polar surface area (TPSA) is 12.9 Å². The first kappa shape index (κ1) is 6.38. The Labute approximate surface area is 74.8 Å². The van der Waals surface area contributed by atoms with Gasteiger partial charge in [0.25, 0.3) is 0 Å². The van der Waals surface area contributed by atoms with Crippen molar-refractivity contribution in [2.45, 2.75) is 6.42 Å². The van der Waals surface area contributed by atoms with Crippen LogP contribution in [0.1, 0.15) is 10.4 Å². The molecule has 0 N–H and O–H groups in total. The summed E-state index contributed by atoms with van der Waals surface area (Å²) >= 11 is 1.62. The van der Waals surface area contributed by atoms with Crippen LogP contribution in [0.4, 0.5) is 0 Å². The number of nitrogens with zero attached hydrogens (tertiary/aromatic N) is 1. The maximum atomic E-state index is 4.18. The molecule has 0 aliphatic heterocycles. The predicted octanol–water partition coefficient (Wildman–Crippen LogP) is 2.71. The van der Waals surface area contributed by atoms with Crippen LogP contribution in [0.25, 0.3) is 11.1 Å². The molecule has 0 radical (unpaired) electrons. The second-order valence-electron chi connectivity index (χ2n) is 3.00. The quantitative estimate of drug-likeness (QED) is 0.509. The molecule has 2 aromatic rings. The normalized spacial score (nSPS) is 12.7. The molecule has 0 bridgehead atoms. The summed E-state index contributed by atoms with van der Waals surface area (Å²) in [4.78, 5) is 1.41. The fraction of sp³-hybridized carbons (Fsp3) is 0.100. The van der Waals surface area contributed by atoms with E-state index in [0.29, 0.717) is 0 Å². The van der Waals surface area contributed by atoms with Gasteiger partial charge in [0.05, 0.1) is 0 Å². The molecule has 3 rings (SSSR count). The summed E-state index contributed by atoms with van der Waals surface area (Å²) in [6.07, 6.45) is 3.06. The van der Waals surface area contributed by atoms with E-state index in [-0.39, 0.29) is 0 Å². The summed E-state index contributed by atoms with van der Waals surface area (Å²) in [7, 11) is 0. The third-order valence-corrected chi connectivity index (χ3v) is 3.10. The van der Waals surface area contributed by atoms with Crippen LogP contribution in [-0.4, -0.2) is 4.37 Å². The Morgan fingerprint density at radius 2 is 2.08 bits per heavy atom. The highest BCUT2D eigenvalue weighted by Gasteiger charge is 2.18. The van der Waals surface area contributed by atoms with Crippen molar-refractivity contribution in [3.05, 3.63) is 40.9 Å². The van der Waals surface area contributed by atoms with E-state index in [1.807, 2.05) is 6.20 Å². The van der Waals surface area contributed by atoms with Gasteiger partial charge < -0.3 is 0 Å². The first-order valence-electron chi connectivity index (χ1n) is 3.97. The van der Waals surface area contributed by atoms with Crippen LogP contribution >= 0.6 is 11.5 Å². The monoisotopic (exact) mass is 173 g/mol. The van der Waals surface area contributed by atoms with Gasteiger partial charge in [0.2, 0.25) is 0 Å². The van der Waals surface area contributed by atoms with Crippen LogP contribution in [0.3, 0.4) is 0 Å². The first-order chi connectivity index (χ1) is 5.95. The van der Waals surface area contributed by atoms with Gasteiger partial charge in [-0.15, -0.1) is 0 Å². The van der Waals surface area contributed by atoms with Gasteiger partial charge in [-0.05, 0) is 22.7 Å². The van der Waals surface area contributed by atoms with E-state index in [0.717, 1.165) is 6.42 Å². The molecule has 0 saturated carbocycles. The van der Waals surface area contributed by atoms with E-state index in [9.17, 15) is 0 Å². The van der Waals surface area contributed by atoms with E-state index in [1.54, 1.807) is 11.5 Å². The summed E-state index contributed by atoms with van der Waals surface area (Å²) in [6.45, 7) is 0. The Kier molecular flexibility index (Phi) is 1.15. The van der Waals surface area contributed by atoms with Gasteiger partial charge in [-0.25, -0.2) is 4.37 Å². The number of hydrogen-bond donors (Lipinski definition) is 0. The summed E-state index contributed by atoms with van der Waals surface area (Å²) in [5.41, 5.74) is 4.16. The van der Waals surface area contributed by atoms with Crippen LogP contribution in [0.2, 0.25) is 0 Å². The smallest absolute Gasteiger partial charge is 0.0488 e. The van der Waals surface area contributed by atoms with E-state index in [4.69, 9.17) is 0 Å². The number of fused-ring (bicyclic) bond motifs is 3. The molecule has 0 unspecified atom stereocenters. The lowest BCUT2D eigenvalue weighted by molar-refractivity contribution is 1.31. The molecular weight excluding hydrogens is 166 g/mol. The molecule has 0 atom stereocenters. The van der Waals surface area contributed by atoms with Gasteiger partial charge in [-0.2, -0.15) is 0 Å². The zero-order valence-electron chi connectivity index (χ0n) is 6.45. The first-order valence-corrected chi connectivity index (χ1v) is 4.74. The molecule has 0 saturated heterocycles. The maximum absolute atomic E-state index is 4.18. The highest BCUT2D eigenvalue weighted by Crippen LogP contribution is 2.37. The van der Waals surface area contributed by atoms with Gasteiger partial charge in [-0.3, -0.25) is 0 Å². The second-order valence-corrected chi connectivity index (χ2v) is 3.88. The molecule has 1 aliphatic carbocycles. The lowest BCUT2D eigenvalue weighted by Crippen LogP contribution is -1.77.